The first-order valence-corrected chi connectivity index (χ1v) is 6.85. The van der Waals surface area contributed by atoms with E-state index in [1.165, 1.54) is 12.0 Å². The summed E-state index contributed by atoms with van der Waals surface area (Å²) in [6.07, 6.45) is 6.58. The van der Waals surface area contributed by atoms with Gasteiger partial charge in [0.05, 0.1) is 6.61 Å². The fourth-order valence-corrected chi connectivity index (χ4v) is 1.89. The van der Waals surface area contributed by atoms with Gasteiger partial charge in [0, 0.05) is 6.42 Å². The first-order valence-electron chi connectivity index (χ1n) is 6.85. The van der Waals surface area contributed by atoms with Gasteiger partial charge < -0.3 is 9.26 Å². The highest BCUT2D eigenvalue weighted by Gasteiger charge is 1.99. The molecular weight excluding hydrogens is 240 g/mol. The van der Waals surface area contributed by atoms with Gasteiger partial charge in [-0.1, -0.05) is 24.2 Å². The summed E-state index contributed by atoms with van der Waals surface area (Å²) >= 11 is 0. The molecule has 4 heteroatoms. The normalized spacial score (nSPS) is 10.6. The maximum absolute atomic E-state index is 5.56. The van der Waals surface area contributed by atoms with Crippen LogP contribution in [0.15, 0.2) is 35.2 Å². The maximum atomic E-state index is 5.56. The lowest BCUT2D eigenvalue weighted by Gasteiger charge is -2.05. The topological polar surface area (TPSA) is 48.2 Å². The van der Waals surface area contributed by atoms with Gasteiger partial charge >= 0.3 is 0 Å². The quantitative estimate of drug-likeness (QED) is 0.682. The number of hydrogen-bond acceptors (Lipinski definition) is 4. The molecule has 0 bridgehead atoms. The number of aryl methyl sites for hydroxylation is 2. The second-order valence-corrected chi connectivity index (χ2v) is 4.55. The van der Waals surface area contributed by atoms with Crippen molar-refractivity contribution in [3.8, 4) is 5.75 Å². The van der Waals surface area contributed by atoms with E-state index >= 15 is 0 Å². The summed E-state index contributed by atoms with van der Waals surface area (Å²) in [7, 11) is 0. The molecule has 19 heavy (non-hydrogen) atoms. The number of hydrogen-bond donors (Lipinski definition) is 0. The Morgan fingerprint density at radius 3 is 2.58 bits per heavy atom. The Hall–Kier alpha value is -1.84. The maximum Gasteiger partial charge on any atom is 0.213 e. The molecule has 2 rings (SSSR count). The van der Waals surface area contributed by atoms with Crippen LogP contribution in [-0.2, 0) is 12.8 Å². The molecule has 1 aromatic heterocycles. The SMILES string of the molecule is CCCOc1ccc(CCCCc2ncon2)cc1. The van der Waals surface area contributed by atoms with Crippen molar-refractivity contribution in [1.29, 1.82) is 0 Å². The van der Waals surface area contributed by atoms with Crippen molar-refractivity contribution in [2.45, 2.75) is 39.0 Å². The molecule has 1 heterocycles. The van der Waals surface area contributed by atoms with Crippen LogP contribution in [0.25, 0.3) is 0 Å². The number of unbranched alkanes of at least 4 members (excludes halogenated alkanes) is 1. The molecule has 1 aromatic carbocycles. The Morgan fingerprint density at radius 2 is 1.89 bits per heavy atom. The van der Waals surface area contributed by atoms with Crippen molar-refractivity contribution >= 4 is 0 Å². The molecule has 2 aromatic rings. The third-order valence-corrected chi connectivity index (χ3v) is 2.92. The molecule has 0 N–H and O–H groups in total. The summed E-state index contributed by atoms with van der Waals surface area (Å²) < 4.78 is 10.3. The third-order valence-electron chi connectivity index (χ3n) is 2.92. The van der Waals surface area contributed by atoms with Crippen molar-refractivity contribution in [3.63, 3.8) is 0 Å². The molecule has 0 radical (unpaired) electrons. The van der Waals surface area contributed by atoms with Gasteiger partial charge in [-0.15, -0.1) is 0 Å². The van der Waals surface area contributed by atoms with Crippen LogP contribution in [0, 0.1) is 0 Å². The van der Waals surface area contributed by atoms with E-state index in [2.05, 4.69) is 29.2 Å². The summed E-state index contributed by atoms with van der Waals surface area (Å²) in [5.74, 6) is 1.75. The van der Waals surface area contributed by atoms with Crippen LogP contribution < -0.4 is 4.74 Å². The van der Waals surface area contributed by atoms with Gasteiger partial charge in [0.2, 0.25) is 6.39 Å². The van der Waals surface area contributed by atoms with Crippen molar-refractivity contribution in [1.82, 2.24) is 10.1 Å². The van der Waals surface area contributed by atoms with Crippen molar-refractivity contribution in [2.24, 2.45) is 0 Å². The van der Waals surface area contributed by atoms with E-state index in [0.29, 0.717) is 0 Å². The van der Waals surface area contributed by atoms with Crippen LogP contribution >= 0.6 is 0 Å². The minimum atomic E-state index is 0.782. The third kappa shape index (κ3) is 4.73. The highest BCUT2D eigenvalue weighted by atomic mass is 16.5. The van der Waals surface area contributed by atoms with Gasteiger partial charge in [0.1, 0.15) is 5.75 Å². The fraction of sp³-hybridized carbons (Fsp3) is 0.467. The predicted molar refractivity (Wildman–Crippen MR) is 73.2 cm³/mol. The van der Waals surface area contributed by atoms with Gasteiger partial charge in [-0.05, 0) is 43.4 Å². The zero-order chi connectivity index (χ0) is 13.3. The predicted octanol–water partition coefficient (Wildman–Crippen LogP) is 3.42. The number of benzene rings is 1. The van der Waals surface area contributed by atoms with Crippen LogP contribution in [0.3, 0.4) is 0 Å². The standard InChI is InChI=1S/C15H20N2O2/c1-2-11-18-14-9-7-13(8-10-14)5-3-4-6-15-16-12-19-17-15/h7-10,12H,2-6,11H2,1H3. The molecule has 0 amide bonds. The van der Waals surface area contributed by atoms with Crippen LogP contribution in [0.4, 0.5) is 0 Å². The fourth-order valence-electron chi connectivity index (χ4n) is 1.89. The summed E-state index contributed by atoms with van der Waals surface area (Å²) in [5, 5.41) is 3.80. The molecule has 0 saturated carbocycles. The van der Waals surface area contributed by atoms with E-state index in [-0.39, 0.29) is 0 Å². The van der Waals surface area contributed by atoms with Crippen molar-refractivity contribution in [2.75, 3.05) is 6.61 Å². The number of rotatable bonds is 8. The Bertz CT molecular complexity index is 452. The second-order valence-electron chi connectivity index (χ2n) is 4.55. The molecule has 0 unspecified atom stereocenters. The monoisotopic (exact) mass is 260 g/mol. The summed E-state index contributed by atoms with van der Waals surface area (Å²) in [6.45, 7) is 2.89. The van der Waals surface area contributed by atoms with E-state index in [1.54, 1.807) is 0 Å². The summed E-state index contributed by atoms with van der Waals surface area (Å²) in [6, 6.07) is 8.37. The van der Waals surface area contributed by atoms with Crippen molar-refractivity contribution in [3.05, 3.63) is 42.0 Å². The molecule has 0 spiro atoms. The molecular formula is C15H20N2O2. The zero-order valence-electron chi connectivity index (χ0n) is 11.3. The first kappa shape index (κ1) is 13.6. The Labute approximate surface area is 113 Å². The zero-order valence-corrected chi connectivity index (χ0v) is 11.3. The van der Waals surface area contributed by atoms with Crippen LogP contribution in [-0.4, -0.2) is 16.7 Å². The molecule has 0 atom stereocenters. The van der Waals surface area contributed by atoms with Gasteiger partial charge in [-0.3, -0.25) is 0 Å². The minimum Gasteiger partial charge on any atom is -0.494 e. The van der Waals surface area contributed by atoms with Gasteiger partial charge in [-0.2, -0.15) is 4.98 Å². The molecule has 0 aliphatic heterocycles. The Morgan fingerprint density at radius 1 is 1.11 bits per heavy atom. The second kappa shape index (κ2) is 7.56. The lowest BCUT2D eigenvalue weighted by Crippen LogP contribution is -1.95. The number of ether oxygens (including phenoxy) is 1. The lowest BCUT2D eigenvalue weighted by atomic mass is 10.1. The smallest absolute Gasteiger partial charge is 0.213 e. The molecule has 0 fully saturated rings. The van der Waals surface area contributed by atoms with Crippen LogP contribution in [0.2, 0.25) is 0 Å². The summed E-state index contributed by atoms with van der Waals surface area (Å²) in [4.78, 5) is 4.01. The van der Waals surface area contributed by atoms with E-state index in [9.17, 15) is 0 Å². The molecule has 102 valence electrons. The average Bonchev–Trinajstić information content (AvgIpc) is 2.96. The molecule has 0 aliphatic carbocycles. The Kier molecular flexibility index (Phi) is 5.41. The van der Waals surface area contributed by atoms with E-state index in [0.717, 1.165) is 50.3 Å². The van der Waals surface area contributed by atoms with Gasteiger partial charge in [-0.25, -0.2) is 0 Å². The highest BCUT2D eigenvalue weighted by molar-refractivity contribution is 5.27. The van der Waals surface area contributed by atoms with E-state index < -0.39 is 0 Å². The average molecular weight is 260 g/mol. The van der Waals surface area contributed by atoms with Crippen molar-refractivity contribution < 1.29 is 9.26 Å². The molecule has 4 nitrogen and oxygen atoms in total. The van der Waals surface area contributed by atoms with E-state index in [4.69, 9.17) is 9.26 Å². The molecule has 0 aliphatic rings. The number of aromatic nitrogens is 2. The number of nitrogens with zero attached hydrogens (tertiary/aromatic N) is 2. The lowest BCUT2D eigenvalue weighted by molar-refractivity contribution is 0.317. The minimum absolute atomic E-state index is 0.782. The van der Waals surface area contributed by atoms with Gasteiger partial charge in [0.25, 0.3) is 0 Å². The highest BCUT2D eigenvalue weighted by Crippen LogP contribution is 2.14. The largest absolute Gasteiger partial charge is 0.494 e. The van der Waals surface area contributed by atoms with Crippen LogP contribution in [0.5, 0.6) is 5.75 Å². The van der Waals surface area contributed by atoms with Crippen LogP contribution in [0.1, 0.15) is 37.6 Å². The van der Waals surface area contributed by atoms with E-state index in [1.807, 2.05) is 12.1 Å². The summed E-state index contributed by atoms with van der Waals surface area (Å²) in [5.41, 5.74) is 1.34. The first-order chi connectivity index (χ1) is 9.38. The van der Waals surface area contributed by atoms with Gasteiger partial charge in [0.15, 0.2) is 5.82 Å². The Balaban J connectivity index is 1.68. The molecule has 0 saturated heterocycles.